The van der Waals surface area contributed by atoms with Gasteiger partial charge < -0.3 is 0 Å². The van der Waals surface area contributed by atoms with E-state index in [1.54, 1.807) is 9.00 Å². The fraction of sp³-hybridized carbons (Fsp3) is 0.333. The molecule has 0 nitrogen and oxygen atoms in total. The Kier molecular flexibility index (Phi) is 11.0. The van der Waals surface area contributed by atoms with Gasteiger partial charge in [0.1, 0.15) is 16.1 Å². The molecule has 0 saturated heterocycles. The minimum atomic E-state index is -1.68. The molecule has 4 aromatic heterocycles. The Balaban J connectivity index is 0.000000190. The van der Waals surface area contributed by atoms with E-state index < -0.39 is 16.1 Å². The molecule has 0 N–H and O–H groups in total. The molecule has 0 spiro atoms. The van der Waals surface area contributed by atoms with Gasteiger partial charge in [-0.2, -0.15) is 0 Å². The van der Waals surface area contributed by atoms with E-state index in [2.05, 4.69) is 214 Å². The van der Waals surface area contributed by atoms with E-state index >= 15 is 0 Å². The van der Waals surface area contributed by atoms with E-state index in [9.17, 15) is 0 Å². The van der Waals surface area contributed by atoms with E-state index in [1.807, 2.05) is 22.7 Å². The largest absolute Gasteiger partial charge is 0.144 e. The first-order valence-electron chi connectivity index (χ1n) is 22.2. The third kappa shape index (κ3) is 6.25. The monoisotopic (exact) mass is 892 g/mol. The lowest BCUT2D eigenvalue weighted by Gasteiger charge is -2.42. The topological polar surface area (TPSA) is 0 Å². The molecule has 0 bridgehead atoms. The molecule has 60 heavy (non-hydrogen) atoms. The van der Waals surface area contributed by atoms with E-state index in [1.165, 1.54) is 83.4 Å². The third-order valence-electron chi connectivity index (χ3n) is 14.8. The van der Waals surface area contributed by atoms with Crippen LogP contribution in [-0.2, 0) is 0 Å². The van der Waals surface area contributed by atoms with Crippen LogP contribution in [0.1, 0.15) is 83.1 Å². The Labute approximate surface area is 375 Å². The van der Waals surface area contributed by atoms with Crippen LogP contribution >= 0.6 is 45.3 Å². The maximum Gasteiger partial charge on any atom is 0.107 e. The summed E-state index contributed by atoms with van der Waals surface area (Å²) in [5, 5.41) is 21.1. The Morgan fingerprint density at radius 2 is 0.567 bits per heavy atom. The fourth-order valence-corrected chi connectivity index (χ4v) is 34.7. The molecule has 0 atom stereocenters. The molecule has 6 heteroatoms. The molecule has 308 valence electrons. The first kappa shape index (κ1) is 42.0. The first-order valence-corrected chi connectivity index (χ1v) is 30.1. The summed E-state index contributed by atoms with van der Waals surface area (Å²) in [6.07, 6.45) is 0. The van der Waals surface area contributed by atoms with E-state index in [-0.39, 0.29) is 0 Å². The highest BCUT2D eigenvalue weighted by Crippen LogP contribution is 2.47. The van der Waals surface area contributed by atoms with Crippen LogP contribution in [0.2, 0.25) is 33.2 Å². The van der Waals surface area contributed by atoms with Gasteiger partial charge in [0.2, 0.25) is 0 Å². The third-order valence-corrected chi connectivity index (χ3v) is 34.9. The summed E-state index contributed by atoms with van der Waals surface area (Å²) in [5.74, 6) is 0. The van der Waals surface area contributed by atoms with E-state index in [0.717, 1.165) is 33.2 Å². The smallest absolute Gasteiger partial charge is 0.107 e. The van der Waals surface area contributed by atoms with Crippen molar-refractivity contribution in [1.82, 2.24) is 0 Å². The van der Waals surface area contributed by atoms with Gasteiger partial charge in [0.25, 0.3) is 0 Å². The molecular formula is C54H60S4Si2. The number of fused-ring (bicyclic) bond motifs is 14. The van der Waals surface area contributed by atoms with Gasteiger partial charge in [-0.15, -0.1) is 45.3 Å². The second-order valence-electron chi connectivity index (χ2n) is 19.3. The van der Waals surface area contributed by atoms with Crippen molar-refractivity contribution in [1.29, 1.82) is 0 Å². The van der Waals surface area contributed by atoms with Crippen LogP contribution in [-0.4, -0.2) is 16.1 Å². The molecule has 10 aromatic rings. The molecule has 0 fully saturated rings. The maximum atomic E-state index is 2.58. The fourth-order valence-electron chi connectivity index (χ4n) is 12.4. The van der Waals surface area contributed by atoms with Crippen molar-refractivity contribution in [2.45, 2.75) is 116 Å². The van der Waals surface area contributed by atoms with Gasteiger partial charge in [-0.05, 0) is 120 Å². The zero-order valence-electron chi connectivity index (χ0n) is 37.5. The van der Waals surface area contributed by atoms with Crippen molar-refractivity contribution in [3.63, 3.8) is 0 Å². The van der Waals surface area contributed by atoms with Gasteiger partial charge in [-0.3, -0.25) is 0 Å². The summed E-state index contributed by atoms with van der Waals surface area (Å²) < 4.78 is 9.18. The Morgan fingerprint density at radius 1 is 0.300 bits per heavy atom. The van der Waals surface area contributed by atoms with Crippen LogP contribution in [0.25, 0.3) is 83.4 Å². The highest BCUT2D eigenvalue weighted by molar-refractivity contribution is 7.33. The predicted molar refractivity (Wildman–Crippen MR) is 286 cm³/mol. The standard InChI is InChI=1S/C36H50S2Si2.C18H10S2/c1-21(2)39(22(3)4,23(5)6)33-19-27-13-15-29-30-16-14-28-20-34(40(24(7)8,25(9)10)26(11)12)38-36(28)32(30)18-17-31(29)35(27)37-33;1-3-13-14-4-2-12-8-10-20-18(12)16(14)6-5-15(13)17-11(1)7-9-19-17/h13-26H,1-12H3;1-10H. The summed E-state index contributed by atoms with van der Waals surface area (Å²) in [5.41, 5.74) is 4.37. The normalized spacial score (nSPS) is 13.2. The number of rotatable bonds is 8. The quantitative estimate of drug-likeness (QED) is 0.105. The Morgan fingerprint density at radius 3 is 0.867 bits per heavy atom. The van der Waals surface area contributed by atoms with Crippen molar-refractivity contribution in [2.75, 3.05) is 0 Å². The van der Waals surface area contributed by atoms with Gasteiger partial charge in [0, 0.05) is 40.3 Å². The van der Waals surface area contributed by atoms with Gasteiger partial charge in [0.15, 0.2) is 0 Å². The molecule has 0 aliphatic carbocycles. The van der Waals surface area contributed by atoms with Crippen molar-refractivity contribution in [3.8, 4) is 0 Å². The lowest BCUT2D eigenvalue weighted by atomic mass is 10.00. The summed E-state index contributed by atoms with van der Waals surface area (Å²) in [4.78, 5) is 0. The van der Waals surface area contributed by atoms with E-state index in [0.29, 0.717) is 0 Å². The predicted octanol–water partition coefficient (Wildman–Crippen LogP) is 18.6. The number of thiophene rings is 4. The summed E-state index contributed by atoms with van der Waals surface area (Å²) >= 11 is 7.90. The molecule has 6 aromatic carbocycles. The van der Waals surface area contributed by atoms with Gasteiger partial charge in [0.05, 0.1) is 0 Å². The molecule has 4 heterocycles. The average molecular weight is 894 g/mol. The lowest BCUT2D eigenvalue weighted by Crippen LogP contribution is -2.54. The van der Waals surface area contributed by atoms with Crippen molar-refractivity contribution >= 4 is 154 Å². The summed E-state index contributed by atoms with van der Waals surface area (Å²) in [7, 11) is -3.37. The summed E-state index contributed by atoms with van der Waals surface area (Å²) in [6.45, 7) is 29.8. The van der Waals surface area contributed by atoms with Crippen LogP contribution in [0.4, 0.5) is 0 Å². The highest BCUT2D eigenvalue weighted by Gasteiger charge is 2.47. The van der Waals surface area contributed by atoms with Gasteiger partial charge in [-0.1, -0.05) is 156 Å². The second-order valence-corrected chi connectivity index (χ2v) is 35.7. The zero-order valence-corrected chi connectivity index (χ0v) is 42.8. The summed E-state index contributed by atoms with van der Waals surface area (Å²) in [6, 6.07) is 37.7. The Bertz CT molecular complexity index is 2940. The van der Waals surface area contributed by atoms with Crippen LogP contribution in [0.15, 0.2) is 108 Å². The zero-order chi connectivity index (χ0) is 42.4. The van der Waals surface area contributed by atoms with Gasteiger partial charge in [-0.25, -0.2) is 0 Å². The van der Waals surface area contributed by atoms with Crippen molar-refractivity contribution in [3.05, 3.63) is 108 Å². The molecule has 0 saturated carbocycles. The number of hydrogen-bond donors (Lipinski definition) is 0. The highest BCUT2D eigenvalue weighted by atomic mass is 32.1. The SMILES string of the molecule is CC(C)[Si](c1cc2ccc3c4ccc5cc([Si](C(C)C)(C(C)C)C(C)C)sc5c4ccc3c2s1)(C(C)C)C(C)C.c1cc2ccc3c4ccc5ccsc5c4ccc3c2s1. The lowest BCUT2D eigenvalue weighted by molar-refractivity contribution is 0.837. The number of benzene rings is 6. The van der Waals surface area contributed by atoms with E-state index in [4.69, 9.17) is 0 Å². The molecule has 10 rings (SSSR count). The van der Waals surface area contributed by atoms with Crippen LogP contribution in [0.5, 0.6) is 0 Å². The van der Waals surface area contributed by atoms with Crippen molar-refractivity contribution < 1.29 is 0 Å². The van der Waals surface area contributed by atoms with Crippen LogP contribution in [0.3, 0.4) is 0 Å². The van der Waals surface area contributed by atoms with Crippen molar-refractivity contribution in [2.24, 2.45) is 0 Å². The molecule has 0 unspecified atom stereocenters. The maximum absolute atomic E-state index is 2.58. The molecular weight excluding hydrogens is 833 g/mol. The first-order chi connectivity index (χ1) is 28.7. The minimum absolute atomic E-state index is 0.729. The van der Waals surface area contributed by atoms with Crippen LogP contribution in [0, 0.1) is 0 Å². The van der Waals surface area contributed by atoms with Crippen LogP contribution < -0.4 is 9.00 Å². The van der Waals surface area contributed by atoms with Gasteiger partial charge >= 0.3 is 0 Å². The number of hydrogen-bond acceptors (Lipinski definition) is 4. The molecule has 0 amide bonds. The molecule has 0 radical (unpaired) electrons. The average Bonchev–Trinajstić information content (AvgIpc) is 4.03. The molecule has 0 aliphatic rings. The second kappa shape index (κ2) is 15.8. The minimum Gasteiger partial charge on any atom is -0.144 e. The Hall–Kier alpha value is -3.37. The molecule has 0 aliphatic heterocycles.